The molecule has 0 aromatic rings. The van der Waals surface area contributed by atoms with Crippen molar-refractivity contribution in [2.75, 3.05) is 19.8 Å². The topological polar surface area (TPSA) is 38.7 Å². The van der Waals surface area contributed by atoms with E-state index in [4.69, 9.17) is 9.47 Å². The summed E-state index contributed by atoms with van der Waals surface area (Å²) >= 11 is 0. The molecule has 2 rings (SSSR count). The fourth-order valence-electron chi connectivity index (χ4n) is 3.46. The van der Waals surface area contributed by atoms with Crippen molar-refractivity contribution in [1.82, 2.24) is 0 Å². The maximum Gasteiger partial charge on any atom is 0.173 e. The van der Waals surface area contributed by atoms with Gasteiger partial charge in [-0.25, -0.2) is 0 Å². The lowest BCUT2D eigenvalue weighted by atomic mass is 9.63. The molecule has 1 atom stereocenters. The Morgan fingerprint density at radius 3 is 2.28 bits per heavy atom. The summed E-state index contributed by atoms with van der Waals surface area (Å²) in [5.74, 6) is 0.0538. The number of hydrogen-bond acceptors (Lipinski definition) is 3. The van der Waals surface area contributed by atoms with Crippen LogP contribution in [0.25, 0.3) is 0 Å². The summed E-state index contributed by atoms with van der Waals surface area (Å²) in [5, 5.41) is 9.24. The predicted octanol–water partition coefficient (Wildman–Crippen LogP) is 2.96. The number of aliphatic hydroxyl groups is 1. The van der Waals surface area contributed by atoms with Crippen LogP contribution in [-0.4, -0.2) is 30.7 Å². The molecule has 1 saturated carbocycles. The summed E-state index contributed by atoms with van der Waals surface area (Å²) in [5.41, 5.74) is 0.0930. The van der Waals surface area contributed by atoms with Gasteiger partial charge in [-0.2, -0.15) is 0 Å². The molecular formula is C15H28O3. The average Bonchev–Trinajstić information content (AvgIpc) is 2.29. The molecule has 0 aromatic heterocycles. The Morgan fingerprint density at radius 2 is 1.72 bits per heavy atom. The van der Waals surface area contributed by atoms with E-state index < -0.39 is 5.79 Å². The van der Waals surface area contributed by atoms with Crippen molar-refractivity contribution >= 4 is 0 Å². The molecule has 1 spiro atoms. The highest BCUT2D eigenvalue weighted by atomic mass is 16.7. The van der Waals surface area contributed by atoms with Crippen LogP contribution in [0.2, 0.25) is 0 Å². The molecule has 3 nitrogen and oxygen atoms in total. The zero-order chi connectivity index (χ0) is 13.4. The van der Waals surface area contributed by atoms with Crippen molar-refractivity contribution < 1.29 is 14.6 Å². The SMILES string of the molecule is CC1(C)COC2(CCCC(CCO)C2(C)C)OC1. The van der Waals surface area contributed by atoms with Gasteiger partial charge in [0, 0.05) is 23.9 Å². The second-order valence-corrected chi connectivity index (χ2v) is 7.32. The van der Waals surface area contributed by atoms with Gasteiger partial charge < -0.3 is 14.6 Å². The lowest BCUT2D eigenvalue weighted by Crippen LogP contribution is -2.60. The monoisotopic (exact) mass is 256 g/mol. The van der Waals surface area contributed by atoms with E-state index in [9.17, 15) is 5.11 Å². The number of hydrogen-bond donors (Lipinski definition) is 1. The smallest absolute Gasteiger partial charge is 0.173 e. The second kappa shape index (κ2) is 4.77. The lowest BCUT2D eigenvalue weighted by molar-refractivity contribution is -0.363. The maximum atomic E-state index is 9.24. The summed E-state index contributed by atoms with van der Waals surface area (Å²) < 4.78 is 12.4. The van der Waals surface area contributed by atoms with Crippen molar-refractivity contribution in [1.29, 1.82) is 0 Å². The van der Waals surface area contributed by atoms with Gasteiger partial charge in [0.15, 0.2) is 5.79 Å². The van der Waals surface area contributed by atoms with Crippen molar-refractivity contribution in [3.63, 3.8) is 0 Å². The molecule has 1 saturated heterocycles. The largest absolute Gasteiger partial charge is 0.396 e. The standard InChI is InChI=1S/C15H28O3/c1-13(2)10-17-15(18-11-13)8-5-6-12(7-9-16)14(15,3)4/h12,16H,5-11H2,1-4H3. The Labute approximate surface area is 111 Å². The van der Waals surface area contributed by atoms with Gasteiger partial charge in [-0.1, -0.05) is 27.7 Å². The Bertz CT molecular complexity index is 284. The van der Waals surface area contributed by atoms with Gasteiger partial charge in [0.2, 0.25) is 0 Å². The minimum Gasteiger partial charge on any atom is -0.396 e. The summed E-state index contributed by atoms with van der Waals surface area (Å²) in [6.07, 6.45) is 4.14. The summed E-state index contributed by atoms with van der Waals surface area (Å²) in [6.45, 7) is 10.6. The highest BCUT2D eigenvalue weighted by Crippen LogP contribution is 2.53. The molecule has 2 fully saturated rings. The first kappa shape index (κ1) is 14.3. The van der Waals surface area contributed by atoms with Crippen LogP contribution in [0.3, 0.4) is 0 Å². The normalized spacial score (nSPS) is 33.5. The quantitative estimate of drug-likeness (QED) is 0.825. The van der Waals surface area contributed by atoms with Crippen molar-refractivity contribution in [2.45, 2.75) is 59.2 Å². The van der Waals surface area contributed by atoms with Crippen LogP contribution in [0.15, 0.2) is 0 Å². The van der Waals surface area contributed by atoms with Gasteiger partial charge in [-0.05, 0) is 25.2 Å². The third kappa shape index (κ3) is 2.33. The molecule has 1 aliphatic carbocycles. The Morgan fingerprint density at radius 1 is 1.11 bits per heavy atom. The van der Waals surface area contributed by atoms with Crippen LogP contribution in [0, 0.1) is 16.7 Å². The Hall–Kier alpha value is -0.120. The first-order chi connectivity index (χ1) is 8.33. The van der Waals surface area contributed by atoms with Crippen LogP contribution in [0.1, 0.15) is 53.4 Å². The predicted molar refractivity (Wildman–Crippen MR) is 71.2 cm³/mol. The minimum absolute atomic E-state index is 0.0233. The summed E-state index contributed by atoms with van der Waals surface area (Å²) in [6, 6.07) is 0. The second-order valence-electron chi connectivity index (χ2n) is 7.32. The maximum absolute atomic E-state index is 9.24. The third-order valence-corrected chi connectivity index (χ3v) is 4.93. The molecule has 18 heavy (non-hydrogen) atoms. The zero-order valence-electron chi connectivity index (χ0n) is 12.3. The fourth-order valence-corrected chi connectivity index (χ4v) is 3.46. The highest BCUT2D eigenvalue weighted by molar-refractivity contribution is 4.98. The van der Waals surface area contributed by atoms with E-state index in [1.54, 1.807) is 0 Å². The molecule has 1 aliphatic heterocycles. The molecular weight excluding hydrogens is 228 g/mol. The van der Waals surface area contributed by atoms with E-state index in [0.717, 1.165) is 32.5 Å². The van der Waals surface area contributed by atoms with Crippen LogP contribution >= 0.6 is 0 Å². The van der Waals surface area contributed by atoms with Crippen LogP contribution in [-0.2, 0) is 9.47 Å². The van der Waals surface area contributed by atoms with E-state index in [1.165, 1.54) is 6.42 Å². The molecule has 3 heteroatoms. The molecule has 1 heterocycles. The molecule has 0 bridgehead atoms. The third-order valence-electron chi connectivity index (χ3n) is 4.93. The van der Waals surface area contributed by atoms with Crippen LogP contribution in [0.4, 0.5) is 0 Å². The first-order valence-electron chi connectivity index (χ1n) is 7.22. The molecule has 0 amide bonds. The average molecular weight is 256 g/mol. The minimum atomic E-state index is -0.430. The van der Waals surface area contributed by atoms with E-state index in [2.05, 4.69) is 27.7 Å². The highest BCUT2D eigenvalue weighted by Gasteiger charge is 2.56. The van der Waals surface area contributed by atoms with Crippen LogP contribution in [0.5, 0.6) is 0 Å². The summed E-state index contributed by atoms with van der Waals surface area (Å²) in [7, 11) is 0. The Kier molecular flexibility index (Phi) is 3.79. The van der Waals surface area contributed by atoms with Crippen molar-refractivity contribution in [3.8, 4) is 0 Å². The molecule has 2 aliphatic rings. The number of rotatable bonds is 2. The lowest BCUT2D eigenvalue weighted by Gasteiger charge is -2.56. The van der Waals surface area contributed by atoms with Crippen molar-refractivity contribution in [2.24, 2.45) is 16.7 Å². The van der Waals surface area contributed by atoms with E-state index in [-0.39, 0.29) is 17.4 Å². The van der Waals surface area contributed by atoms with Gasteiger partial charge in [-0.3, -0.25) is 0 Å². The molecule has 1 unspecified atom stereocenters. The van der Waals surface area contributed by atoms with E-state index in [0.29, 0.717) is 5.92 Å². The molecule has 0 aromatic carbocycles. The molecule has 0 radical (unpaired) electrons. The zero-order valence-corrected chi connectivity index (χ0v) is 12.3. The van der Waals surface area contributed by atoms with Gasteiger partial charge in [-0.15, -0.1) is 0 Å². The van der Waals surface area contributed by atoms with Crippen LogP contribution < -0.4 is 0 Å². The van der Waals surface area contributed by atoms with E-state index >= 15 is 0 Å². The van der Waals surface area contributed by atoms with Gasteiger partial charge in [0.1, 0.15) is 0 Å². The van der Waals surface area contributed by atoms with Crippen molar-refractivity contribution in [3.05, 3.63) is 0 Å². The number of aliphatic hydroxyl groups excluding tert-OH is 1. The fraction of sp³-hybridized carbons (Fsp3) is 1.00. The molecule has 106 valence electrons. The molecule has 1 N–H and O–H groups in total. The van der Waals surface area contributed by atoms with Gasteiger partial charge >= 0.3 is 0 Å². The first-order valence-corrected chi connectivity index (χ1v) is 7.22. The van der Waals surface area contributed by atoms with Gasteiger partial charge in [0.25, 0.3) is 0 Å². The number of ether oxygens (including phenoxy) is 2. The van der Waals surface area contributed by atoms with E-state index in [1.807, 2.05) is 0 Å². The Balaban J connectivity index is 2.16. The van der Waals surface area contributed by atoms with Gasteiger partial charge in [0.05, 0.1) is 13.2 Å². The summed E-state index contributed by atoms with van der Waals surface area (Å²) in [4.78, 5) is 0.